The van der Waals surface area contributed by atoms with Gasteiger partial charge in [-0.1, -0.05) is 20.8 Å². The zero-order valence-corrected chi connectivity index (χ0v) is 15.9. The fraction of sp³-hybridized carbons (Fsp3) is 0.706. The Bertz CT molecular complexity index is 570. The third-order valence-corrected chi connectivity index (χ3v) is 3.55. The molecule has 0 fully saturated rings. The molecule has 1 heterocycles. The second-order valence-corrected chi connectivity index (χ2v) is 7.38. The molecule has 1 rings (SSSR count). The Labute approximate surface area is 144 Å². The molecular formula is C17H31N5O2. The first-order valence-electron chi connectivity index (χ1n) is 8.29. The zero-order valence-electron chi connectivity index (χ0n) is 15.9. The molecule has 0 saturated heterocycles. The Morgan fingerprint density at radius 2 is 1.92 bits per heavy atom. The van der Waals surface area contributed by atoms with Crippen molar-refractivity contribution < 1.29 is 9.21 Å². The van der Waals surface area contributed by atoms with Crippen LogP contribution in [-0.2, 0) is 16.8 Å². The van der Waals surface area contributed by atoms with Crippen molar-refractivity contribution in [2.45, 2.75) is 53.5 Å². The van der Waals surface area contributed by atoms with Crippen molar-refractivity contribution >= 4 is 11.9 Å². The van der Waals surface area contributed by atoms with Gasteiger partial charge in [0.25, 0.3) is 0 Å². The minimum Gasteiger partial charge on any atom is -0.443 e. The second kappa shape index (κ2) is 8.17. The third-order valence-electron chi connectivity index (χ3n) is 3.55. The molecule has 0 unspecified atom stereocenters. The standard InChI is InChI=1S/C17H31N5O2/c1-8-19-15(22-11-17(5,6)14(23)18-7)21-10-13-20-9-12(24-13)16(2,3)4/h9H,8,10-11H2,1-7H3,(H,18,23)(H2,19,21,22). The smallest absolute Gasteiger partial charge is 0.227 e. The minimum atomic E-state index is -0.534. The van der Waals surface area contributed by atoms with Crippen LogP contribution in [0.25, 0.3) is 0 Å². The molecular weight excluding hydrogens is 306 g/mol. The van der Waals surface area contributed by atoms with Crippen LogP contribution in [0.1, 0.15) is 53.2 Å². The fourth-order valence-electron chi connectivity index (χ4n) is 1.94. The van der Waals surface area contributed by atoms with Crippen molar-refractivity contribution in [2.75, 3.05) is 20.1 Å². The highest BCUT2D eigenvalue weighted by Crippen LogP contribution is 2.22. The molecule has 0 aliphatic carbocycles. The highest BCUT2D eigenvalue weighted by atomic mass is 16.4. The number of aromatic nitrogens is 1. The van der Waals surface area contributed by atoms with Gasteiger partial charge in [0.05, 0.1) is 11.6 Å². The highest BCUT2D eigenvalue weighted by Gasteiger charge is 2.26. The molecule has 0 radical (unpaired) electrons. The van der Waals surface area contributed by atoms with Crippen molar-refractivity contribution in [1.29, 1.82) is 0 Å². The monoisotopic (exact) mass is 337 g/mol. The van der Waals surface area contributed by atoms with Crippen molar-refractivity contribution in [2.24, 2.45) is 10.4 Å². The fourth-order valence-corrected chi connectivity index (χ4v) is 1.94. The van der Waals surface area contributed by atoms with Crippen LogP contribution in [0.3, 0.4) is 0 Å². The summed E-state index contributed by atoms with van der Waals surface area (Å²) in [7, 11) is 1.64. The number of nitrogens with zero attached hydrogens (tertiary/aromatic N) is 2. The van der Waals surface area contributed by atoms with E-state index in [1.165, 1.54) is 0 Å². The summed E-state index contributed by atoms with van der Waals surface area (Å²) >= 11 is 0. The number of nitrogens with one attached hydrogen (secondary N) is 3. The van der Waals surface area contributed by atoms with Gasteiger partial charge < -0.3 is 20.4 Å². The average molecular weight is 337 g/mol. The van der Waals surface area contributed by atoms with Crippen LogP contribution >= 0.6 is 0 Å². The van der Waals surface area contributed by atoms with Gasteiger partial charge in [-0.3, -0.25) is 4.79 Å². The molecule has 136 valence electrons. The van der Waals surface area contributed by atoms with E-state index in [1.54, 1.807) is 13.2 Å². The quantitative estimate of drug-likeness (QED) is 0.544. The molecule has 7 nitrogen and oxygen atoms in total. The molecule has 0 atom stereocenters. The molecule has 0 saturated carbocycles. The number of aliphatic imine (C=N–C) groups is 1. The number of amides is 1. The van der Waals surface area contributed by atoms with Gasteiger partial charge in [-0.25, -0.2) is 9.98 Å². The highest BCUT2D eigenvalue weighted by molar-refractivity contribution is 5.84. The first-order chi connectivity index (χ1) is 11.1. The van der Waals surface area contributed by atoms with E-state index in [0.717, 1.165) is 12.3 Å². The van der Waals surface area contributed by atoms with Gasteiger partial charge in [0, 0.05) is 25.6 Å². The first kappa shape index (κ1) is 20.0. The Balaban J connectivity index is 2.72. The van der Waals surface area contributed by atoms with Crippen LogP contribution in [0.5, 0.6) is 0 Å². The van der Waals surface area contributed by atoms with E-state index in [2.05, 4.69) is 46.7 Å². The number of rotatable bonds is 6. The van der Waals surface area contributed by atoms with Gasteiger partial charge in [-0.15, -0.1) is 0 Å². The molecule has 0 spiro atoms. The molecule has 24 heavy (non-hydrogen) atoms. The Morgan fingerprint density at radius 1 is 1.25 bits per heavy atom. The summed E-state index contributed by atoms with van der Waals surface area (Å²) < 4.78 is 5.74. The van der Waals surface area contributed by atoms with E-state index < -0.39 is 5.41 Å². The lowest BCUT2D eigenvalue weighted by Gasteiger charge is -2.24. The van der Waals surface area contributed by atoms with Crippen LogP contribution < -0.4 is 16.0 Å². The van der Waals surface area contributed by atoms with E-state index in [0.29, 0.717) is 24.9 Å². The maximum Gasteiger partial charge on any atom is 0.227 e. The average Bonchev–Trinajstić information content (AvgIpc) is 2.98. The van der Waals surface area contributed by atoms with E-state index in [-0.39, 0.29) is 11.3 Å². The SMILES string of the molecule is CCNC(=NCc1ncc(C(C)(C)C)o1)NCC(C)(C)C(=O)NC. The number of hydrogen-bond donors (Lipinski definition) is 3. The summed E-state index contributed by atoms with van der Waals surface area (Å²) in [5.74, 6) is 2.02. The molecule has 0 aromatic carbocycles. The molecule has 0 aliphatic rings. The summed E-state index contributed by atoms with van der Waals surface area (Å²) in [5, 5.41) is 9.02. The lowest BCUT2D eigenvalue weighted by atomic mass is 9.92. The van der Waals surface area contributed by atoms with Crippen molar-refractivity contribution in [3.63, 3.8) is 0 Å². The van der Waals surface area contributed by atoms with Crippen LogP contribution in [0.2, 0.25) is 0 Å². The second-order valence-electron chi connectivity index (χ2n) is 7.38. The lowest BCUT2D eigenvalue weighted by Crippen LogP contribution is -2.47. The van der Waals surface area contributed by atoms with Gasteiger partial charge in [-0.2, -0.15) is 0 Å². The zero-order chi connectivity index (χ0) is 18.4. The molecule has 0 aliphatic heterocycles. The molecule has 0 bridgehead atoms. The molecule has 3 N–H and O–H groups in total. The Morgan fingerprint density at radius 3 is 2.42 bits per heavy atom. The van der Waals surface area contributed by atoms with Gasteiger partial charge in [0.2, 0.25) is 11.8 Å². The van der Waals surface area contributed by atoms with Crippen LogP contribution in [-0.4, -0.2) is 37.0 Å². The number of carbonyl (C=O) groups is 1. The maximum atomic E-state index is 11.8. The van der Waals surface area contributed by atoms with E-state index >= 15 is 0 Å². The van der Waals surface area contributed by atoms with Gasteiger partial charge in [0.15, 0.2) is 5.96 Å². The van der Waals surface area contributed by atoms with Crippen LogP contribution in [0.15, 0.2) is 15.6 Å². The third kappa shape index (κ3) is 5.86. The lowest BCUT2D eigenvalue weighted by molar-refractivity contribution is -0.128. The number of hydrogen-bond acceptors (Lipinski definition) is 4. The predicted molar refractivity (Wildman–Crippen MR) is 95.9 cm³/mol. The van der Waals surface area contributed by atoms with E-state index in [9.17, 15) is 4.79 Å². The van der Waals surface area contributed by atoms with E-state index in [1.807, 2.05) is 20.8 Å². The molecule has 1 amide bonds. The van der Waals surface area contributed by atoms with Crippen molar-refractivity contribution in [3.05, 3.63) is 17.8 Å². The summed E-state index contributed by atoms with van der Waals surface area (Å²) in [5.41, 5.74) is -0.609. The normalized spacial score (nSPS) is 12.9. The first-order valence-corrected chi connectivity index (χ1v) is 8.29. The van der Waals surface area contributed by atoms with Gasteiger partial charge >= 0.3 is 0 Å². The summed E-state index contributed by atoms with van der Waals surface area (Å²) in [6.45, 7) is 13.5. The summed E-state index contributed by atoms with van der Waals surface area (Å²) in [4.78, 5) is 20.6. The summed E-state index contributed by atoms with van der Waals surface area (Å²) in [6.07, 6.45) is 1.75. The Kier molecular flexibility index (Phi) is 6.81. The summed E-state index contributed by atoms with van der Waals surface area (Å²) in [6, 6.07) is 0. The minimum absolute atomic E-state index is 0.0200. The van der Waals surface area contributed by atoms with Gasteiger partial charge in [-0.05, 0) is 20.8 Å². The number of guanidine groups is 1. The van der Waals surface area contributed by atoms with Crippen LogP contribution in [0, 0.1) is 5.41 Å². The van der Waals surface area contributed by atoms with Gasteiger partial charge in [0.1, 0.15) is 12.3 Å². The van der Waals surface area contributed by atoms with Crippen molar-refractivity contribution in [3.8, 4) is 0 Å². The van der Waals surface area contributed by atoms with Crippen LogP contribution in [0.4, 0.5) is 0 Å². The maximum absolute atomic E-state index is 11.8. The van der Waals surface area contributed by atoms with Crippen molar-refractivity contribution in [1.82, 2.24) is 20.9 Å². The largest absolute Gasteiger partial charge is 0.443 e. The molecule has 1 aromatic rings. The predicted octanol–water partition coefficient (Wildman–Crippen LogP) is 1.80. The number of oxazole rings is 1. The number of carbonyl (C=O) groups excluding carboxylic acids is 1. The Hall–Kier alpha value is -2.05. The van der Waals surface area contributed by atoms with E-state index in [4.69, 9.17) is 4.42 Å². The molecule has 7 heteroatoms. The molecule has 1 aromatic heterocycles. The topological polar surface area (TPSA) is 91.6 Å².